The van der Waals surface area contributed by atoms with E-state index in [2.05, 4.69) is 0 Å². The van der Waals surface area contributed by atoms with Gasteiger partial charge >= 0.3 is 5.97 Å². The number of rotatable bonds is 9. The van der Waals surface area contributed by atoms with Gasteiger partial charge in [-0.1, -0.05) is 24.3 Å². The molecule has 220 valence electrons. The maximum atomic E-state index is 14.3. The Hall–Kier alpha value is -5.28. The molecule has 3 N–H and O–H groups in total. The Morgan fingerprint density at radius 3 is 2.12 bits per heavy atom. The Morgan fingerprint density at radius 2 is 1.51 bits per heavy atom. The summed E-state index contributed by atoms with van der Waals surface area (Å²) in [5.41, 5.74) is 9.84. The number of esters is 1. The van der Waals surface area contributed by atoms with Crippen LogP contribution < -0.4 is 25.5 Å². The van der Waals surface area contributed by atoms with Gasteiger partial charge in [0.05, 0.1) is 33.3 Å². The number of aliphatic hydroxyl groups excluding tert-OH is 1. The molecule has 1 aromatic heterocycles. The average Bonchev–Trinajstić information content (AvgIpc) is 3.04. The maximum absolute atomic E-state index is 14.3. The van der Waals surface area contributed by atoms with Gasteiger partial charge in [0.15, 0.2) is 0 Å². The molecular weight excluding hydrogens is 548 g/mol. The van der Waals surface area contributed by atoms with Crippen molar-refractivity contribution in [3.05, 3.63) is 112 Å². The van der Waals surface area contributed by atoms with Gasteiger partial charge in [-0.15, -0.1) is 0 Å². The van der Waals surface area contributed by atoms with Crippen LogP contribution in [0, 0.1) is 6.92 Å². The van der Waals surface area contributed by atoms with Gasteiger partial charge in [0, 0.05) is 22.5 Å². The van der Waals surface area contributed by atoms with Crippen LogP contribution in [0.2, 0.25) is 0 Å². The Bertz CT molecular complexity index is 1850. The van der Waals surface area contributed by atoms with Crippen molar-refractivity contribution in [3.63, 3.8) is 0 Å². The highest BCUT2D eigenvalue weighted by molar-refractivity contribution is 6.07. The lowest BCUT2D eigenvalue weighted by atomic mass is 9.94. The number of carbonyl (C=O) groups excluding carboxylic acids is 1. The van der Waals surface area contributed by atoms with Crippen molar-refractivity contribution in [2.45, 2.75) is 20.1 Å². The molecule has 0 aliphatic rings. The van der Waals surface area contributed by atoms with E-state index in [1.807, 2.05) is 31.2 Å². The van der Waals surface area contributed by atoms with Gasteiger partial charge in [0.1, 0.15) is 29.5 Å². The number of aromatic nitrogens is 1. The van der Waals surface area contributed by atoms with E-state index in [0.29, 0.717) is 50.5 Å². The minimum Gasteiger partial charge on any atom is -0.496 e. The Balaban J connectivity index is 1.82. The Labute approximate surface area is 248 Å². The molecule has 0 aliphatic carbocycles. The van der Waals surface area contributed by atoms with Crippen LogP contribution in [0.15, 0.2) is 83.7 Å². The van der Waals surface area contributed by atoms with Gasteiger partial charge in [0.2, 0.25) is 0 Å². The van der Waals surface area contributed by atoms with E-state index in [9.17, 15) is 14.7 Å². The second kappa shape index (κ2) is 12.3. The van der Waals surface area contributed by atoms with Crippen molar-refractivity contribution in [2.75, 3.05) is 27.1 Å². The molecule has 43 heavy (non-hydrogen) atoms. The van der Waals surface area contributed by atoms with Crippen molar-refractivity contribution in [2.24, 2.45) is 0 Å². The molecule has 5 rings (SSSR count). The fourth-order valence-electron chi connectivity index (χ4n) is 5.17. The second-order valence-corrected chi connectivity index (χ2v) is 9.88. The molecule has 0 spiro atoms. The second-order valence-electron chi connectivity index (χ2n) is 9.88. The monoisotopic (exact) mass is 580 g/mol. The minimum atomic E-state index is -0.703. The summed E-state index contributed by atoms with van der Waals surface area (Å²) >= 11 is 0. The van der Waals surface area contributed by atoms with Crippen LogP contribution >= 0.6 is 0 Å². The van der Waals surface area contributed by atoms with Gasteiger partial charge in [-0.05, 0) is 83.6 Å². The van der Waals surface area contributed by atoms with Crippen LogP contribution in [-0.4, -0.2) is 37.0 Å². The topological polar surface area (TPSA) is 122 Å². The lowest BCUT2D eigenvalue weighted by Gasteiger charge is -2.21. The standard InChI is InChI=1S/C34H32N2O7/c1-20-29(40-2)15-23(16-30(20)41-3)31-27-14-13-26(43-19-22-8-6-5-7-21(22)18-37)17-28(27)33(38)36(32(31)34(39)42-4)25-11-9-24(35)10-12-25/h5-17,37H,18-19,35H2,1-4H3. The number of methoxy groups -OCH3 is 3. The number of hydrogen-bond donors (Lipinski definition) is 2. The summed E-state index contributed by atoms with van der Waals surface area (Å²) in [6.45, 7) is 1.94. The number of anilines is 1. The third-order valence-electron chi connectivity index (χ3n) is 7.41. The number of nitrogen functional groups attached to an aromatic ring is 1. The molecule has 0 aliphatic heterocycles. The fraction of sp³-hybridized carbons (Fsp3) is 0.176. The summed E-state index contributed by atoms with van der Waals surface area (Å²) in [5.74, 6) is 0.833. The zero-order chi connectivity index (χ0) is 30.7. The van der Waals surface area contributed by atoms with E-state index in [1.165, 1.54) is 11.7 Å². The predicted molar refractivity (Wildman–Crippen MR) is 165 cm³/mol. The van der Waals surface area contributed by atoms with E-state index in [-0.39, 0.29) is 18.9 Å². The number of hydrogen-bond acceptors (Lipinski definition) is 8. The molecule has 0 atom stereocenters. The third-order valence-corrected chi connectivity index (χ3v) is 7.41. The van der Waals surface area contributed by atoms with E-state index in [1.54, 1.807) is 68.8 Å². The van der Waals surface area contributed by atoms with Crippen LogP contribution in [0.1, 0.15) is 27.2 Å². The molecule has 4 aromatic carbocycles. The van der Waals surface area contributed by atoms with E-state index in [4.69, 9.17) is 24.7 Å². The molecule has 5 aromatic rings. The molecule has 0 bridgehead atoms. The first kappa shape index (κ1) is 29.2. The summed E-state index contributed by atoms with van der Waals surface area (Å²) in [7, 11) is 4.38. The van der Waals surface area contributed by atoms with Crippen molar-refractivity contribution in [1.82, 2.24) is 4.57 Å². The molecule has 0 fully saturated rings. The fourth-order valence-corrected chi connectivity index (χ4v) is 5.17. The first-order chi connectivity index (χ1) is 20.8. The number of fused-ring (bicyclic) bond motifs is 1. The van der Waals surface area contributed by atoms with Crippen molar-refractivity contribution in [3.8, 4) is 34.1 Å². The number of pyridine rings is 1. The van der Waals surface area contributed by atoms with Crippen LogP contribution in [0.5, 0.6) is 17.2 Å². The van der Waals surface area contributed by atoms with Crippen molar-refractivity contribution < 1.29 is 28.8 Å². The lowest BCUT2D eigenvalue weighted by Crippen LogP contribution is -2.27. The van der Waals surface area contributed by atoms with E-state index in [0.717, 1.165) is 16.7 Å². The summed E-state index contributed by atoms with van der Waals surface area (Å²) in [4.78, 5) is 27.8. The highest BCUT2D eigenvalue weighted by Gasteiger charge is 2.26. The van der Waals surface area contributed by atoms with Crippen LogP contribution in [0.3, 0.4) is 0 Å². The van der Waals surface area contributed by atoms with Gasteiger partial charge < -0.3 is 29.8 Å². The number of ether oxygens (including phenoxy) is 4. The number of carbonyl (C=O) groups is 1. The Morgan fingerprint density at radius 1 is 0.860 bits per heavy atom. The van der Waals surface area contributed by atoms with E-state index >= 15 is 0 Å². The van der Waals surface area contributed by atoms with Gasteiger partial charge in [-0.25, -0.2) is 4.79 Å². The van der Waals surface area contributed by atoms with Crippen LogP contribution in [0.25, 0.3) is 27.6 Å². The average molecular weight is 581 g/mol. The molecular formula is C34H32N2O7. The van der Waals surface area contributed by atoms with Gasteiger partial charge in [-0.2, -0.15) is 0 Å². The largest absolute Gasteiger partial charge is 0.496 e. The number of aliphatic hydroxyl groups is 1. The quantitative estimate of drug-likeness (QED) is 0.175. The SMILES string of the molecule is COC(=O)c1c(-c2cc(OC)c(C)c(OC)c2)c2ccc(OCc3ccccc3CO)cc2c(=O)n1-c1ccc(N)cc1. The highest BCUT2D eigenvalue weighted by Crippen LogP contribution is 2.40. The summed E-state index contributed by atoms with van der Waals surface area (Å²) in [6, 6.07) is 22.8. The van der Waals surface area contributed by atoms with Gasteiger partial charge in [0.25, 0.3) is 5.56 Å². The molecule has 0 saturated heterocycles. The molecule has 9 nitrogen and oxygen atoms in total. The lowest BCUT2D eigenvalue weighted by molar-refractivity contribution is 0.0591. The normalized spacial score (nSPS) is 10.9. The minimum absolute atomic E-state index is 0.0308. The molecule has 1 heterocycles. The highest BCUT2D eigenvalue weighted by atomic mass is 16.5. The molecule has 0 unspecified atom stereocenters. The summed E-state index contributed by atoms with van der Waals surface area (Å²) < 4.78 is 23.9. The molecule has 0 radical (unpaired) electrons. The predicted octanol–water partition coefficient (Wildman–Crippen LogP) is 5.42. The first-order valence-corrected chi connectivity index (χ1v) is 13.5. The van der Waals surface area contributed by atoms with Crippen LogP contribution in [0.4, 0.5) is 5.69 Å². The zero-order valence-corrected chi connectivity index (χ0v) is 24.3. The van der Waals surface area contributed by atoms with Crippen molar-refractivity contribution in [1.29, 1.82) is 0 Å². The first-order valence-electron chi connectivity index (χ1n) is 13.5. The number of nitrogens with zero attached hydrogens (tertiary/aromatic N) is 1. The van der Waals surface area contributed by atoms with Crippen LogP contribution in [-0.2, 0) is 18.0 Å². The maximum Gasteiger partial charge on any atom is 0.355 e. The third kappa shape index (κ3) is 5.50. The number of benzene rings is 4. The molecule has 9 heteroatoms. The molecule has 0 saturated carbocycles. The number of nitrogens with two attached hydrogens (primary N) is 1. The zero-order valence-electron chi connectivity index (χ0n) is 24.3. The summed E-state index contributed by atoms with van der Waals surface area (Å²) in [5, 5.41) is 10.5. The van der Waals surface area contributed by atoms with Crippen molar-refractivity contribution >= 4 is 22.4 Å². The molecule has 0 amide bonds. The smallest absolute Gasteiger partial charge is 0.355 e. The van der Waals surface area contributed by atoms with Gasteiger partial charge in [-0.3, -0.25) is 9.36 Å². The van der Waals surface area contributed by atoms with E-state index < -0.39 is 11.5 Å². The Kier molecular flexibility index (Phi) is 8.36. The summed E-state index contributed by atoms with van der Waals surface area (Å²) in [6.07, 6.45) is 0.